The maximum absolute atomic E-state index is 15.0. The van der Waals surface area contributed by atoms with Gasteiger partial charge in [0, 0.05) is 24.1 Å². The SMILES string of the molecule is CC(C)(C)c1nc(-c2cccc(N3CCCC3)c2F)c(Br)s1. The van der Waals surface area contributed by atoms with E-state index >= 15 is 0 Å². The predicted molar refractivity (Wildman–Crippen MR) is 95.4 cm³/mol. The van der Waals surface area contributed by atoms with Gasteiger partial charge in [-0.15, -0.1) is 11.3 Å². The molecule has 0 amide bonds. The molecule has 1 aromatic carbocycles. The molecule has 0 aliphatic carbocycles. The molecular weight excluding hydrogens is 363 g/mol. The van der Waals surface area contributed by atoms with Crippen LogP contribution in [0.3, 0.4) is 0 Å². The van der Waals surface area contributed by atoms with Crippen molar-refractivity contribution >= 4 is 33.0 Å². The lowest BCUT2D eigenvalue weighted by molar-refractivity contribution is 0.585. The number of hydrogen-bond acceptors (Lipinski definition) is 3. The summed E-state index contributed by atoms with van der Waals surface area (Å²) >= 11 is 5.15. The largest absolute Gasteiger partial charge is 0.369 e. The highest BCUT2D eigenvalue weighted by molar-refractivity contribution is 9.11. The zero-order valence-electron chi connectivity index (χ0n) is 13.1. The molecule has 1 aliphatic heterocycles. The van der Waals surface area contributed by atoms with Crippen molar-refractivity contribution in [1.82, 2.24) is 4.98 Å². The maximum atomic E-state index is 15.0. The summed E-state index contributed by atoms with van der Waals surface area (Å²) in [7, 11) is 0. The van der Waals surface area contributed by atoms with Crippen molar-refractivity contribution < 1.29 is 4.39 Å². The van der Waals surface area contributed by atoms with E-state index in [1.54, 1.807) is 11.3 Å². The maximum Gasteiger partial charge on any atom is 0.155 e. The first-order chi connectivity index (χ1) is 10.4. The van der Waals surface area contributed by atoms with Gasteiger partial charge in [-0.1, -0.05) is 26.8 Å². The molecule has 2 aromatic rings. The van der Waals surface area contributed by atoms with Gasteiger partial charge in [0.25, 0.3) is 0 Å². The minimum atomic E-state index is -0.157. The lowest BCUT2D eigenvalue weighted by atomic mass is 9.98. The summed E-state index contributed by atoms with van der Waals surface area (Å²) in [5.74, 6) is -0.157. The van der Waals surface area contributed by atoms with Crippen molar-refractivity contribution in [3.8, 4) is 11.3 Å². The summed E-state index contributed by atoms with van der Waals surface area (Å²) in [5, 5.41) is 1.01. The number of benzene rings is 1. The second-order valence-corrected chi connectivity index (χ2v) is 9.04. The van der Waals surface area contributed by atoms with E-state index in [1.165, 1.54) is 0 Å². The highest BCUT2D eigenvalue weighted by atomic mass is 79.9. The smallest absolute Gasteiger partial charge is 0.155 e. The van der Waals surface area contributed by atoms with E-state index < -0.39 is 0 Å². The molecule has 3 rings (SSSR count). The van der Waals surface area contributed by atoms with E-state index in [0.29, 0.717) is 16.9 Å². The average Bonchev–Trinajstić information content (AvgIpc) is 3.08. The molecule has 22 heavy (non-hydrogen) atoms. The third kappa shape index (κ3) is 2.93. The Balaban J connectivity index is 2.05. The Kier molecular flexibility index (Phi) is 4.29. The summed E-state index contributed by atoms with van der Waals surface area (Å²) in [4.78, 5) is 6.82. The van der Waals surface area contributed by atoms with Gasteiger partial charge in [-0.05, 0) is 40.9 Å². The van der Waals surface area contributed by atoms with E-state index in [9.17, 15) is 4.39 Å². The number of hydrogen-bond donors (Lipinski definition) is 0. The first-order valence-electron chi connectivity index (χ1n) is 7.58. The normalized spacial score (nSPS) is 15.6. The predicted octanol–water partition coefficient (Wildman–Crippen LogP) is 5.61. The van der Waals surface area contributed by atoms with Crippen LogP contribution in [0.2, 0.25) is 0 Å². The Labute approximate surface area is 143 Å². The number of rotatable bonds is 2. The van der Waals surface area contributed by atoms with Crippen molar-refractivity contribution in [2.45, 2.75) is 39.0 Å². The van der Waals surface area contributed by atoms with Gasteiger partial charge in [-0.3, -0.25) is 0 Å². The third-order valence-corrected chi connectivity index (χ3v) is 6.04. The number of nitrogens with zero attached hydrogens (tertiary/aromatic N) is 2. The minimum absolute atomic E-state index is 0.0333. The van der Waals surface area contributed by atoms with Crippen LogP contribution in [-0.2, 0) is 5.41 Å². The van der Waals surface area contributed by atoms with Gasteiger partial charge in [0.2, 0.25) is 0 Å². The van der Waals surface area contributed by atoms with Crippen molar-refractivity contribution in [2.24, 2.45) is 0 Å². The molecule has 0 N–H and O–H groups in total. The van der Waals surface area contributed by atoms with Gasteiger partial charge in [-0.2, -0.15) is 0 Å². The Morgan fingerprint density at radius 3 is 2.50 bits per heavy atom. The fourth-order valence-electron chi connectivity index (χ4n) is 2.69. The van der Waals surface area contributed by atoms with Crippen LogP contribution in [0.1, 0.15) is 38.6 Å². The standard InChI is InChI=1S/C17H20BrFN2S/c1-17(2,3)16-20-14(15(18)22-16)11-7-6-8-12(13(11)19)21-9-4-5-10-21/h6-8H,4-5,9-10H2,1-3H3. The summed E-state index contributed by atoms with van der Waals surface area (Å²) in [6.07, 6.45) is 2.27. The Hall–Kier alpha value is -0.940. The van der Waals surface area contributed by atoms with Crippen molar-refractivity contribution in [3.05, 3.63) is 32.8 Å². The third-order valence-electron chi connectivity index (χ3n) is 3.91. The lowest BCUT2D eigenvalue weighted by Gasteiger charge is -2.19. The summed E-state index contributed by atoms with van der Waals surface area (Å²) in [6.45, 7) is 8.24. The number of thiazole rings is 1. The average molecular weight is 383 g/mol. The molecule has 1 aliphatic rings. The van der Waals surface area contributed by atoms with Gasteiger partial charge in [0.1, 0.15) is 0 Å². The van der Waals surface area contributed by atoms with Gasteiger partial charge in [0.15, 0.2) is 5.82 Å². The van der Waals surface area contributed by atoms with E-state index in [1.807, 2.05) is 18.2 Å². The van der Waals surface area contributed by atoms with Crippen LogP contribution in [0.5, 0.6) is 0 Å². The topological polar surface area (TPSA) is 16.1 Å². The molecule has 0 radical (unpaired) electrons. The van der Waals surface area contributed by atoms with Gasteiger partial charge in [0.05, 0.1) is 20.2 Å². The van der Waals surface area contributed by atoms with Crippen LogP contribution in [0.4, 0.5) is 10.1 Å². The number of halogens is 2. The first kappa shape index (κ1) is 15.9. The fraction of sp³-hybridized carbons (Fsp3) is 0.471. The minimum Gasteiger partial charge on any atom is -0.369 e. The van der Waals surface area contributed by atoms with Crippen LogP contribution < -0.4 is 4.90 Å². The van der Waals surface area contributed by atoms with Gasteiger partial charge in [-0.25, -0.2) is 9.37 Å². The zero-order valence-corrected chi connectivity index (χ0v) is 15.5. The molecule has 5 heteroatoms. The monoisotopic (exact) mass is 382 g/mol. The molecule has 1 saturated heterocycles. The second-order valence-electron chi connectivity index (χ2n) is 6.72. The lowest BCUT2D eigenvalue weighted by Crippen LogP contribution is -2.19. The molecule has 0 unspecified atom stereocenters. The van der Waals surface area contributed by atoms with Crippen molar-refractivity contribution in [2.75, 3.05) is 18.0 Å². The van der Waals surface area contributed by atoms with Crippen molar-refractivity contribution in [1.29, 1.82) is 0 Å². The van der Waals surface area contributed by atoms with Crippen LogP contribution in [0.25, 0.3) is 11.3 Å². The van der Waals surface area contributed by atoms with E-state index in [-0.39, 0.29) is 11.2 Å². The zero-order chi connectivity index (χ0) is 15.9. The molecule has 2 nitrogen and oxygen atoms in total. The molecule has 2 heterocycles. The molecule has 1 fully saturated rings. The van der Waals surface area contributed by atoms with E-state index in [2.05, 4.69) is 41.6 Å². The molecular formula is C17H20BrFN2S. The van der Waals surface area contributed by atoms with Crippen molar-refractivity contribution in [3.63, 3.8) is 0 Å². The summed E-state index contributed by atoms with van der Waals surface area (Å²) < 4.78 is 15.9. The van der Waals surface area contributed by atoms with Crippen LogP contribution in [0.15, 0.2) is 22.0 Å². The van der Waals surface area contributed by atoms with Crippen LogP contribution in [-0.4, -0.2) is 18.1 Å². The number of aromatic nitrogens is 1. The molecule has 1 aromatic heterocycles. The second kappa shape index (κ2) is 5.93. The highest BCUT2D eigenvalue weighted by Gasteiger charge is 2.24. The highest BCUT2D eigenvalue weighted by Crippen LogP contribution is 2.40. The van der Waals surface area contributed by atoms with E-state index in [0.717, 1.165) is 34.7 Å². The Morgan fingerprint density at radius 1 is 1.23 bits per heavy atom. The van der Waals surface area contributed by atoms with E-state index in [4.69, 9.17) is 4.98 Å². The van der Waals surface area contributed by atoms with Crippen LogP contribution in [0, 0.1) is 5.82 Å². The number of anilines is 1. The summed E-state index contributed by atoms with van der Waals surface area (Å²) in [6, 6.07) is 5.62. The van der Waals surface area contributed by atoms with Gasteiger partial charge >= 0.3 is 0 Å². The molecule has 0 saturated carbocycles. The molecule has 0 spiro atoms. The Bertz CT molecular complexity index is 684. The molecule has 118 valence electrons. The molecule has 0 atom stereocenters. The molecule has 0 bridgehead atoms. The first-order valence-corrected chi connectivity index (χ1v) is 9.19. The Morgan fingerprint density at radius 2 is 1.91 bits per heavy atom. The van der Waals surface area contributed by atoms with Crippen LogP contribution >= 0.6 is 27.3 Å². The summed E-state index contributed by atoms with van der Waals surface area (Å²) in [5.41, 5.74) is 1.97. The fourth-order valence-corrected chi connectivity index (χ4v) is 4.32. The quantitative estimate of drug-likeness (QED) is 0.670. The van der Waals surface area contributed by atoms with Gasteiger partial charge < -0.3 is 4.90 Å².